The van der Waals surface area contributed by atoms with Crippen molar-refractivity contribution in [3.63, 3.8) is 0 Å². The molecule has 0 rings (SSSR count). The van der Waals surface area contributed by atoms with E-state index in [0.29, 0.717) is 0 Å². The van der Waals surface area contributed by atoms with Crippen molar-refractivity contribution >= 4 is 0 Å². The Bertz CT molecular complexity index is 213. The van der Waals surface area contributed by atoms with Crippen molar-refractivity contribution in [2.45, 2.75) is 64.9 Å². The Kier molecular flexibility index (Phi) is 8.28. The molecule has 0 saturated heterocycles. The molecular formula is C15H27O-. The van der Waals surface area contributed by atoms with Crippen LogP contribution in [-0.2, 0) is 0 Å². The molecule has 0 bridgehead atoms. The summed E-state index contributed by atoms with van der Waals surface area (Å²) in [6.45, 7) is 9.84. The standard InChI is InChI=1S/C15H27O/c1-5-7-8-12-15(4,16)13-9-11-14(3)10-6-2/h5-6,11,16H,2,7-10,12-13H2,1,3-4H3/q-1/b14-11+. The van der Waals surface area contributed by atoms with Gasteiger partial charge in [0.05, 0.1) is 5.60 Å². The number of unbranched alkanes of at least 4 members (excludes halogenated alkanes) is 2. The zero-order valence-corrected chi connectivity index (χ0v) is 11.1. The summed E-state index contributed by atoms with van der Waals surface area (Å²) >= 11 is 0. The summed E-state index contributed by atoms with van der Waals surface area (Å²) in [6.07, 6.45) is 12.1. The van der Waals surface area contributed by atoms with E-state index in [9.17, 15) is 5.11 Å². The average Bonchev–Trinajstić information content (AvgIpc) is 2.18. The predicted octanol–water partition coefficient (Wildman–Crippen LogP) is 4.43. The molecule has 0 heterocycles. The number of hydrogen-bond donors (Lipinski definition) is 1. The summed E-state index contributed by atoms with van der Waals surface area (Å²) in [4.78, 5) is 0. The summed E-state index contributed by atoms with van der Waals surface area (Å²) in [5, 5.41) is 10.1. The Labute approximate surface area is 101 Å². The second-order valence-electron chi connectivity index (χ2n) is 4.88. The van der Waals surface area contributed by atoms with E-state index in [-0.39, 0.29) is 0 Å². The smallest absolute Gasteiger partial charge is 0.0621 e. The summed E-state index contributed by atoms with van der Waals surface area (Å²) in [6, 6.07) is 0. The number of aliphatic hydroxyl groups is 1. The fraction of sp³-hybridized carbons (Fsp3) is 0.667. The van der Waals surface area contributed by atoms with Gasteiger partial charge in [0.15, 0.2) is 0 Å². The van der Waals surface area contributed by atoms with Crippen molar-refractivity contribution < 1.29 is 5.11 Å². The lowest BCUT2D eigenvalue weighted by Crippen LogP contribution is -2.23. The van der Waals surface area contributed by atoms with Gasteiger partial charge in [-0.25, -0.2) is 0 Å². The van der Waals surface area contributed by atoms with E-state index in [0.717, 1.165) is 38.5 Å². The van der Waals surface area contributed by atoms with Gasteiger partial charge in [0.1, 0.15) is 0 Å². The Morgan fingerprint density at radius 1 is 1.44 bits per heavy atom. The lowest BCUT2D eigenvalue weighted by Gasteiger charge is -2.23. The van der Waals surface area contributed by atoms with Crippen LogP contribution in [0, 0.1) is 6.42 Å². The van der Waals surface area contributed by atoms with Gasteiger partial charge in [-0.05, 0) is 39.5 Å². The molecule has 1 atom stereocenters. The zero-order chi connectivity index (χ0) is 12.4. The second kappa shape index (κ2) is 8.58. The van der Waals surface area contributed by atoms with Gasteiger partial charge in [0, 0.05) is 0 Å². The van der Waals surface area contributed by atoms with Crippen LogP contribution in [0.5, 0.6) is 0 Å². The van der Waals surface area contributed by atoms with Crippen LogP contribution in [0.4, 0.5) is 0 Å². The van der Waals surface area contributed by atoms with E-state index in [2.05, 4.69) is 32.9 Å². The molecule has 0 aromatic rings. The number of hydrogen-bond acceptors (Lipinski definition) is 1. The Balaban J connectivity index is 3.80. The van der Waals surface area contributed by atoms with E-state index in [1.165, 1.54) is 5.57 Å². The molecule has 0 saturated carbocycles. The molecule has 1 nitrogen and oxygen atoms in total. The van der Waals surface area contributed by atoms with Crippen LogP contribution in [0.15, 0.2) is 24.3 Å². The van der Waals surface area contributed by atoms with Crippen molar-refractivity contribution in [3.8, 4) is 0 Å². The first-order valence-electron chi connectivity index (χ1n) is 6.28. The van der Waals surface area contributed by atoms with Gasteiger partial charge in [-0.1, -0.05) is 24.1 Å². The lowest BCUT2D eigenvalue weighted by molar-refractivity contribution is 0.0409. The van der Waals surface area contributed by atoms with Gasteiger partial charge in [0.25, 0.3) is 0 Å². The van der Waals surface area contributed by atoms with E-state index < -0.39 is 5.60 Å². The topological polar surface area (TPSA) is 20.2 Å². The first-order chi connectivity index (χ1) is 7.52. The molecule has 0 radical (unpaired) electrons. The normalized spacial score (nSPS) is 15.9. The molecule has 1 unspecified atom stereocenters. The third kappa shape index (κ3) is 8.72. The largest absolute Gasteiger partial charge is 0.390 e. The van der Waals surface area contributed by atoms with E-state index in [4.69, 9.17) is 0 Å². The molecule has 0 amide bonds. The summed E-state index contributed by atoms with van der Waals surface area (Å²) in [5.74, 6) is 0. The fourth-order valence-corrected chi connectivity index (χ4v) is 1.75. The van der Waals surface area contributed by atoms with Gasteiger partial charge >= 0.3 is 0 Å². The van der Waals surface area contributed by atoms with Crippen LogP contribution in [0.2, 0.25) is 0 Å². The maximum Gasteiger partial charge on any atom is 0.0621 e. The molecule has 0 aliphatic carbocycles. The van der Waals surface area contributed by atoms with Gasteiger partial charge in [-0.2, -0.15) is 13.3 Å². The SMILES string of the molecule is C=CC/C(C)=C/CCC(C)(O)CCC[CH-]C. The first kappa shape index (κ1) is 15.4. The minimum Gasteiger partial charge on any atom is -0.390 e. The molecule has 0 aromatic carbocycles. The van der Waals surface area contributed by atoms with Crippen LogP contribution >= 0.6 is 0 Å². The third-order valence-corrected chi connectivity index (χ3v) is 2.85. The molecule has 1 N–H and O–H groups in total. The summed E-state index contributed by atoms with van der Waals surface area (Å²) < 4.78 is 0. The Hall–Kier alpha value is -0.560. The quantitative estimate of drug-likeness (QED) is 0.348. The highest BCUT2D eigenvalue weighted by molar-refractivity contribution is 5.02. The minimum atomic E-state index is -0.506. The minimum absolute atomic E-state index is 0.506. The highest BCUT2D eigenvalue weighted by Crippen LogP contribution is 2.21. The van der Waals surface area contributed by atoms with Gasteiger partial charge < -0.3 is 11.5 Å². The molecule has 16 heavy (non-hydrogen) atoms. The molecule has 0 aromatic heterocycles. The van der Waals surface area contributed by atoms with Crippen molar-refractivity contribution in [1.82, 2.24) is 0 Å². The second-order valence-corrected chi connectivity index (χ2v) is 4.88. The van der Waals surface area contributed by atoms with Crippen LogP contribution in [0.3, 0.4) is 0 Å². The highest BCUT2D eigenvalue weighted by Gasteiger charge is 2.17. The van der Waals surface area contributed by atoms with E-state index >= 15 is 0 Å². The fourth-order valence-electron chi connectivity index (χ4n) is 1.75. The maximum absolute atomic E-state index is 10.1. The van der Waals surface area contributed by atoms with Gasteiger partial charge in [0.2, 0.25) is 0 Å². The zero-order valence-electron chi connectivity index (χ0n) is 11.1. The molecule has 0 aliphatic heterocycles. The van der Waals surface area contributed by atoms with E-state index in [1.807, 2.05) is 13.0 Å². The monoisotopic (exact) mass is 223 g/mol. The van der Waals surface area contributed by atoms with Crippen molar-refractivity contribution in [2.75, 3.05) is 0 Å². The number of allylic oxidation sites excluding steroid dienone is 3. The van der Waals surface area contributed by atoms with Crippen LogP contribution in [-0.4, -0.2) is 10.7 Å². The van der Waals surface area contributed by atoms with Crippen molar-refractivity contribution in [2.24, 2.45) is 0 Å². The van der Waals surface area contributed by atoms with Crippen LogP contribution < -0.4 is 0 Å². The molecule has 1 heteroatoms. The average molecular weight is 223 g/mol. The highest BCUT2D eigenvalue weighted by atomic mass is 16.3. The maximum atomic E-state index is 10.1. The third-order valence-electron chi connectivity index (χ3n) is 2.85. The first-order valence-corrected chi connectivity index (χ1v) is 6.28. The Morgan fingerprint density at radius 3 is 2.69 bits per heavy atom. The van der Waals surface area contributed by atoms with Gasteiger partial charge in [-0.3, -0.25) is 0 Å². The number of rotatable bonds is 9. The van der Waals surface area contributed by atoms with Crippen LogP contribution in [0.25, 0.3) is 0 Å². The van der Waals surface area contributed by atoms with Crippen molar-refractivity contribution in [3.05, 3.63) is 30.7 Å². The van der Waals surface area contributed by atoms with Gasteiger partial charge in [-0.15, -0.1) is 6.58 Å². The molecule has 0 fully saturated rings. The van der Waals surface area contributed by atoms with Crippen molar-refractivity contribution in [1.29, 1.82) is 0 Å². The van der Waals surface area contributed by atoms with E-state index in [1.54, 1.807) is 0 Å². The summed E-state index contributed by atoms with van der Waals surface area (Å²) in [7, 11) is 0. The summed E-state index contributed by atoms with van der Waals surface area (Å²) in [5.41, 5.74) is 0.834. The van der Waals surface area contributed by atoms with Crippen LogP contribution in [0.1, 0.15) is 59.3 Å². The lowest BCUT2D eigenvalue weighted by atomic mass is 9.93. The Morgan fingerprint density at radius 2 is 2.12 bits per heavy atom. The predicted molar refractivity (Wildman–Crippen MR) is 72.3 cm³/mol. The molecule has 0 spiro atoms. The molecular weight excluding hydrogens is 196 g/mol. The molecule has 0 aliphatic rings. The molecule has 94 valence electrons.